The van der Waals surface area contributed by atoms with E-state index < -0.39 is 47.7 Å². The number of methoxy groups -OCH3 is 1. The van der Waals surface area contributed by atoms with Crippen LogP contribution in [-0.4, -0.2) is 84.3 Å². The number of aliphatic hydroxyl groups excluding tert-OH is 1. The summed E-state index contributed by atoms with van der Waals surface area (Å²) >= 11 is 3.61. The zero-order chi connectivity index (χ0) is 34.7. The number of aliphatic hydroxyl groups is 1. The summed E-state index contributed by atoms with van der Waals surface area (Å²) in [5.74, 6) is -2.99. The van der Waals surface area contributed by atoms with E-state index in [1.54, 1.807) is 54.2 Å². The van der Waals surface area contributed by atoms with E-state index in [9.17, 15) is 24.3 Å². The highest BCUT2D eigenvalue weighted by molar-refractivity contribution is 9.11. The van der Waals surface area contributed by atoms with Crippen LogP contribution in [0, 0.1) is 11.8 Å². The molecule has 4 aliphatic rings. The molecule has 7 atom stereocenters. The van der Waals surface area contributed by atoms with E-state index in [4.69, 9.17) is 14.2 Å². The van der Waals surface area contributed by atoms with Crippen molar-refractivity contribution in [3.63, 3.8) is 0 Å². The monoisotopic (exact) mass is 735 g/mol. The summed E-state index contributed by atoms with van der Waals surface area (Å²) in [4.78, 5) is 60.1. The van der Waals surface area contributed by atoms with Gasteiger partial charge < -0.3 is 34.4 Å². The number of ether oxygens (including phenoxy) is 3. The molecule has 0 aliphatic carbocycles. The van der Waals surface area contributed by atoms with Crippen LogP contribution in [0.5, 0.6) is 5.75 Å². The van der Waals surface area contributed by atoms with Crippen molar-refractivity contribution in [2.45, 2.75) is 68.9 Å². The number of nitrogens with zero attached hydrogens (tertiary/aromatic N) is 2. The van der Waals surface area contributed by atoms with E-state index in [0.29, 0.717) is 47.2 Å². The Kier molecular flexibility index (Phi) is 10.6. The topological polar surface area (TPSA) is 135 Å². The maximum atomic E-state index is 15.0. The molecule has 3 amide bonds. The number of carbonyl (C=O) groups is 4. The van der Waals surface area contributed by atoms with Gasteiger partial charge in [0.15, 0.2) is 0 Å². The lowest BCUT2D eigenvalue weighted by atomic mass is 9.74. The van der Waals surface area contributed by atoms with Crippen molar-refractivity contribution in [3.05, 3.63) is 82.9 Å². The number of rotatable bonds is 8. The summed E-state index contributed by atoms with van der Waals surface area (Å²) < 4.78 is 18.8. The second-order valence-corrected chi connectivity index (χ2v) is 13.8. The number of anilines is 1. The number of unbranched alkanes of at least 4 members (excludes halogenated alkanes) is 2. The number of hydrogen-bond donors (Lipinski definition) is 2. The van der Waals surface area contributed by atoms with Crippen LogP contribution in [-0.2, 0) is 28.7 Å². The summed E-state index contributed by atoms with van der Waals surface area (Å²) in [6.45, 7) is 2.23. The molecule has 1 spiro atoms. The number of likely N-dealkylation sites (tertiary alicyclic amines) is 1. The smallest absolute Gasteiger partial charge is 0.313 e. The predicted molar refractivity (Wildman–Crippen MR) is 185 cm³/mol. The van der Waals surface area contributed by atoms with Gasteiger partial charge in [0.25, 0.3) is 5.91 Å². The van der Waals surface area contributed by atoms with Gasteiger partial charge in [-0.25, -0.2) is 0 Å². The van der Waals surface area contributed by atoms with Crippen LogP contribution in [0.1, 0.15) is 50.7 Å². The molecular formula is C37H42BrN3O8. The fourth-order valence-corrected chi connectivity index (χ4v) is 8.26. The maximum absolute atomic E-state index is 15.0. The number of carbonyl (C=O) groups excluding carboxylic acids is 4. The van der Waals surface area contributed by atoms with Crippen molar-refractivity contribution in [2.24, 2.45) is 11.8 Å². The molecule has 12 heteroatoms. The minimum absolute atomic E-state index is 0.0241. The molecule has 2 N–H and O–H groups in total. The maximum Gasteiger partial charge on any atom is 0.313 e. The van der Waals surface area contributed by atoms with E-state index in [2.05, 4.69) is 21.2 Å². The molecule has 6 rings (SSSR count). The second-order valence-electron chi connectivity index (χ2n) is 12.9. The van der Waals surface area contributed by atoms with Crippen LogP contribution in [0.15, 0.2) is 77.3 Å². The molecule has 4 heterocycles. The normalized spacial score (nSPS) is 30.9. The zero-order valence-corrected chi connectivity index (χ0v) is 29.2. The first-order valence-electron chi connectivity index (χ1n) is 16.8. The average Bonchev–Trinajstić information content (AvgIpc) is 3.70. The van der Waals surface area contributed by atoms with E-state index >= 15 is 0 Å². The Morgan fingerprint density at radius 3 is 2.45 bits per heavy atom. The highest BCUT2D eigenvalue weighted by atomic mass is 79.9. The first kappa shape index (κ1) is 34.8. The Labute approximate surface area is 294 Å². The van der Waals surface area contributed by atoms with Gasteiger partial charge in [-0.05, 0) is 68.5 Å². The number of hydrogen-bond acceptors (Lipinski definition) is 8. The molecule has 260 valence electrons. The second kappa shape index (κ2) is 14.9. The molecule has 0 aromatic heterocycles. The van der Waals surface area contributed by atoms with Crippen molar-refractivity contribution in [1.29, 1.82) is 0 Å². The molecule has 11 nitrogen and oxygen atoms in total. The summed E-state index contributed by atoms with van der Waals surface area (Å²) in [6.07, 6.45) is 6.21. The fourth-order valence-electron chi connectivity index (χ4n) is 7.53. The molecule has 4 aliphatic heterocycles. The third kappa shape index (κ3) is 6.65. The standard InChI is InChI=1S/C37H42BrN3O8/c1-23-31(24-12-6-3-7-13-24)48-36(46)29-30-34(44)41(20-10-5-11-21-42)33(37(30)22-27(38)32(29)49-37)35(45)40(19-9-4-8-14-28(43)39-23)25-15-17-26(47-2)18-16-25/h3-4,6-7,9,12-13,15-18,22-23,29-33,42H,5,8,10-11,14,19-21H2,1-2H3,(H,39,43)/b9-4-/t23-,29+,30-,31+,32+,33+,37-/m0/s1. The lowest BCUT2D eigenvalue weighted by Gasteiger charge is -2.36. The summed E-state index contributed by atoms with van der Waals surface area (Å²) in [5, 5.41) is 12.4. The van der Waals surface area contributed by atoms with Crippen LogP contribution < -0.4 is 15.0 Å². The zero-order valence-electron chi connectivity index (χ0n) is 27.6. The molecule has 2 aromatic rings. The van der Waals surface area contributed by atoms with Crippen LogP contribution in [0.2, 0.25) is 0 Å². The van der Waals surface area contributed by atoms with Crippen molar-refractivity contribution >= 4 is 45.3 Å². The first-order valence-corrected chi connectivity index (χ1v) is 17.6. The SMILES string of the molecule is COc1ccc(N2C/C=C\CCC(=O)N[C@@H](C)[C@H](c3ccccc3)OC(=O)[C@H]3[C@@H]4O[C@@]5(C=C4Br)[C@@H]3C(=O)N(CCCCCO)[C@@H]5C2=O)cc1. The van der Waals surface area contributed by atoms with Gasteiger partial charge >= 0.3 is 5.97 Å². The quantitative estimate of drug-likeness (QED) is 0.234. The lowest BCUT2D eigenvalue weighted by molar-refractivity contribution is -0.161. The van der Waals surface area contributed by atoms with Crippen molar-refractivity contribution in [1.82, 2.24) is 10.2 Å². The highest BCUT2D eigenvalue weighted by Crippen LogP contribution is 2.59. The molecule has 2 saturated heterocycles. The van der Waals surface area contributed by atoms with E-state index in [1.165, 1.54) is 0 Å². The number of fused-ring (bicyclic) bond motifs is 2. The number of halogens is 1. The van der Waals surface area contributed by atoms with E-state index in [0.717, 1.165) is 0 Å². The number of allylic oxidation sites excluding steroid dienone is 1. The van der Waals surface area contributed by atoms with Gasteiger partial charge in [0.2, 0.25) is 11.8 Å². The molecule has 49 heavy (non-hydrogen) atoms. The predicted octanol–water partition coefficient (Wildman–Crippen LogP) is 4.20. The number of esters is 1. The van der Waals surface area contributed by atoms with E-state index in [1.807, 2.05) is 42.5 Å². The summed E-state index contributed by atoms with van der Waals surface area (Å²) in [5.41, 5.74) is -0.144. The molecule has 2 aromatic carbocycles. The average molecular weight is 737 g/mol. The van der Waals surface area contributed by atoms with Gasteiger partial charge in [-0.15, -0.1) is 0 Å². The molecule has 2 fully saturated rings. The van der Waals surface area contributed by atoms with Gasteiger partial charge in [-0.2, -0.15) is 0 Å². The van der Waals surface area contributed by atoms with Crippen LogP contribution in [0.4, 0.5) is 5.69 Å². The molecule has 0 unspecified atom stereocenters. The van der Waals surface area contributed by atoms with Gasteiger partial charge in [0, 0.05) is 36.3 Å². The molecule has 0 saturated carbocycles. The third-order valence-corrected chi connectivity index (χ3v) is 10.5. The van der Waals surface area contributed by atoms with Gasteiger partial charge in [-0.3, -0.25) is 19.2 Å². The van der Waals surface area contributed by atoms with Gasteiger partial charge in [0.1, 0.15) is 35.5 Å². The number of amides is 3. The van der Waals surface area contributed by atoms with Crippen molar-refractivity contribution in [3.8, 4) is 5.75 Å². The van der Waals surface area contributed by atoms with Crippen molar-refractivity contribution < 1.29 is 38.5 Å². The van der Waals surface area contributed by atoms with Crippen LogP contribution in [0.3, 0.4) is 0 Å². The Hall–Kier alpha value is -4.00. The van der Waals surface area contributed by atoms with Gasteiger partial charge in [-0.1, -0.05) is 58.4 Å². The number of benzene rings is 2. The first-order chi connectivity index (χ1) is 23.7. The molecular weight excluding hydrogens is 694 g/mol. The lowest BCUT2D eigenvalue weighted by Crippen LogP contribution is -2.56. The molecule has 5 bridgehead atoms. The Balaban J connectivity index is 1.45. The minimum Gasteiger partial charge on any atom is -0.497 e. The fraction of sp³-hybridized carbons (Fsp3) is 0.459. The largest absolute Gasteiger partial charge is 0.497 e. The highest BCUT2D eigenvalue weighted by Gasteiger charge is 2.75. The third-order valence-electron chi connectivity index (χ3n) is 9.85. The number of nitrogens with one attached hydrogen (secondary N) is 1. The van der Waals surface area contributed by atoms with Crippen molar-refractivity contribution in [2.75, 3.05) is 31.7 Å². The Morgan fingerprint density at radius 1 is 0.980 bits per heavy atom. The summed E-state index contributed by atoms with van der Waals surface area (Å²) in [6, 6.07) is 14.6. The Morgan fingerprint density at radius 2 is 1.73 bits per heavy atom. The Bertz CT molecular complexity index is 1610. The van der Waals surface area contributed by atoms with Crippen LogP contribution in [0.25, 0.3) is 0 Å². The van der Waals surface area contributed by atoms with Gasteiger partial charge in [0.05, 0.1) is 19.1 Å². The summed E-state index contributed by atoms with van der Waals surface area (Å²) in [7, 11) is 1.56. The number of cyclic esters (lactones) is 1. The molecule has 0 radical (unpaired) electrons. The van der Waals surface area contributed by atoms with E-state index in [-0.39, 0.29) is 43.8 Å². The minimum atomic E-state index is -1.43. The van der Waals surface area contributed by atoms with Crippen LogP contribution >= 0.6 is 15.9 Å².